The van der Waals surface area contributed by atoms with E-state index in [1.54, 1.807) is 7.05 Å². The van der Waals surface area contributed by atoms with Crippen LogP contribution >= 0.6 is 22.9 Å². The quantitative estimate of drug-likeness (QED) is 0.363. The van der Waals surface area contributed by atoms with Crippen LogP contribution in [0.5, 0.6) is 0 Å². The van der Waals surface area contributed by atoms with Gasteiger partial charge in [-0.25, -0.2) is 3.53 Å². The molecule has 0 rings (SSSR count). The summed E-state index contributed by atoms with van der Waals surface area (Å²) in [6.07, 6.45) is 3.07. The van der Waals surface area contributed by atoms with Crippen molar-refractivity contribution in [1.29, 1.82) is 0 Å². The number of nitrogens with one attached hydrogen (secondary N) is 3. The Balaban J connectivity index is 3.53. The number of carbonyl (C=O) groups is 1. The summed E-state index contributed by atoms with van der Waals surface area (Å²) in [5.74, 6) is 0.0684. The monoisotopic (exact) mass is 299 g/mol. The first-order chi connectivity index (χ1) is 6.26. The molecular formula is C8H18IN3O. The summed E-state index contributed by atoms with van der Waals surface area (Å²) in [6.45, 7) is 1.02. The van der Waals surface area contributed by atoms with Gasteiger partial charge in [-0.15, -0.1) is 0 Å². The van der Waals surface area contributed by atoms with Crippen molar-refractivity contribution < 1.29 is 4.79 Å². The third kappa shape index (κ3) is 6.23. The number of amides is 1. The highest BCUT2D eigenvalue weighted by molar-refractivity contribution is 14.1. The third-order valence-corrected chi connectivity index (χ3v) is 2.62. The Bertz CT molecular complexity index is 143. The SMILES string of the molecule is CNCCCCC(NI)C(=O)NC. The van der Waals surface area contributed by atoms with Gasteiger partial charge in [0.05, 0.1) is 6.04 Å². The van der Waals surface area contributed by atoms with Crippen molar-refractivity contribution in [3.8, 4) is 0 Å². The predicted octanol–water partition coefficient (Wildman–Crippen LogP) is 0.430. The van der Waals surface area contributed by atoms with Gasteiger partial charge in [-0.05, 0) is 26.4 Å². The zero-order valence-electron chi connectivity index (χ0n) is 8.19. The first-order valence-electron chi connectivity index (χ1n) is 4.48. The van der Waals surface area contributed by atoms with Crippen LogP contribution in [-0.2, 0) is 4.79 Å². The molecular weight excluding hydrogens is 281 g/mol. The maximum atomic E-state index is 11.2. The lowest BCUT2D eigenvalue weighted by Crippen LogP contribution is -2.38. The zero-order valence-corrected chi connectivity index (χ0v) is 10.3. The largest absolute Gasteiger partial charge is 0.358 e. The topological polar surface area (TPSA) is 53.2 Å². The first kappa shape index (κ1) is 13.1. The van der Waals surface area contributed by atoms with E-state index in [0.717, 1.165) is 25.8 Å². The minimum atomic E-state index is -0.0533. The maximum absolute atomic E-state index is 11.2. The number of likely N-dealkylation sites (N-methyl/N-ethyl adjacent to an activating group) is 1. The molecule has 78 valence electrons. The van der Waals surface area contributed by atoms with Crippen molar-refractivity contribution >= 4 is 28.8 Å². The average Bonchev–Trinajstić information content (AvgIpc) is 2.17. The number of hydrogen-bond donors (Lipinski definition) is 3. The smallest absolute Gasteiger partial charge is 0.237 e. The summed E-state index contributed by atoms with van der Waals surface area (Å²) >= 11 is 2.02. The van der Waals surface area contributed by atoms with Gasteiger partial charge < -0.3 is 10.6 Å². The van der Waals surface area contributed by atoms with Crippen molar-refractivity contribution in [3.63, 3.8) is 0 Å². The van der Waals surface area contributed by atoms with Gasteiger partial charge in [-0.3, -0.25) is 4.79 Å². The summed E-state index contributed by atoms with van der Waals surface area (Å²) in [7, 11) is 3.60. The summed E-state index contributed by atoms with van der Waals surface area (Å²) in [4.78, 5) is 11.2. The lowest BCUT2D eigenvalue weighted by Gasteiger charge is -2.12. The molecule has 0 aliphatic heterocycles. The van der Waals surface area contributed by atoms with E-state index in [9.17, 15) is 4.79 Å². The molecule has 0 aromatic rings. The van der Waals surface area contributed by atoms with E-state index in [2.05, 4.69) is 14.2 Å². The molecule has 0 bridgehead atoms. The van der Waals surface area contributed by atoms with Crippen molar-refractivity contribution in [2.45, 2.75) is 25.3 Å². The van der Waals surface area contributed by atoms with Gasteiger partial charge in [0.2, 0.25) is 5.91 Å². The van der Waals surface area contributed by atoms with Crippen LogP contribution in [0.2, 0.25) is 0 Å². The Hall–Kier alpha value is 0.120. The second-order valence-corrected chi connectivity index (χ2v) is 3.50. The van der Waals surface area contributed by atoms with Crippen LogP contribution in [0.1, 0.15) is 19.3 Å². The van der Waals surface area contributed by atoms with E-state index in [1.807, 2.05) is 29.9 Å². The molecule has 13 heavy (non-hydrogen) atoms. The minimum absolute atomic E-state index is 0.0533. The molecule has 0 fully saturated rings. The highest BCUT2D eigenvalue weighted by Gasteiger charge is 2.13. The molecule has 1 amide bonds. The van der Waals surface area contributed by atoms with Crippen LogP contribution in [0.4, 0.5) is 0 Å². The molecule has 0 saturated heterocycles. The third-order valence-electron chi connectivity index (χ3n) is 1.86. The van der Waals surface area contributed by atoms with Gasteiger partial charge in [-0.2, -0.15) is 0 Å². The van der Waals surface area contributed by atoms with Crippen molar-refractivity contribution in [1.82, 2.24) is 14.2 Å². The van der Waals surface area contributed by atoms with Gasteiger partial charge in [0.1, 0.15) is 0 Å². The van der Waals surface area contributed by atoms with E-state index in [0.29, 0.717) is 0 Å². The highest BCUT2D eigenvalue weighted by atomic mass is 127. The molecule has 0 spiro atoms. The summed E-state index contributed by atoms with van der Waals surface area (Å²) < 4.78 is 2.97. The van der Waals surface area contributed by atoms with Crippen molar-refractivity contribution in [2.75, 3.05) is 20.6 Å². The fraction of sp³-hybridized carbons (Fsp3) is 0.875. The van der Waals surface area contributed by atoms with E-state index in [4.69, 9.17) is 0 Å². The molecule has 3 N–H and O–H groups in total. The van der Waals surface area contributed by atoms with Crippen molar-refractivity contribution in [2.24, 2.45) is 0 Å². The zero-order chi connectivity index (χ0) is 10.1. The van der Waals surface area contributed by atoms with Crippen LogP contribution in [0, 0.1) is 0 Å². The van der Waals surface area contributed by atoms with E-state index < -0.39 is 0 Å². The van der Waals surface area contributed by atoms with Crippen LogP contribution in [0.25, 0.3) is 0 Å². The number of unbranched alkanes of at least 4 members (excludes halogenated alkanes) is 1. The Labute approximate surface area is 93.7 Å². The van der Waals surface area contributed by atoms with E-state index in [1.165, 1.54) is 0 Å². The standard InChI is InChI=1S/C8H18IN3O/c1-10-6-4-3-5-7(12-9)8(13)11-2/h7,10,12H,3-6H2,1-2H3,(H,11,13). The number of rotatable bonds is 7. The summed E-state index contributed by atoms with van der Waals surface area (Å²) in [5.41, 5.74) is 0. The fourth-order valence-corrected chi connectivity index (χ4v) is 1.65. The van der Waals surface area contributed by atoms with Crippen molar-refractivity contribution in [3.05, 3.63) is 0 Å². The Morgan fingerprint density at radius 3 is 2.54 bits per heavy atom. The molecule has 0 saturated carbocycles. The molecule has 0 aromatic carbocycles. The average molecular weight is 299 g/mol. The Morgan fingerprint density at radius 1 is 1.38 bits per heavy atom. The van der Waals surface area contributed by atoms with Crippen LogP contribution in [-0.4, -0.2) is 32.6 Å². The van der Waals surface area contributed by atoms with Gasteiger partial charge in [0.25, 0.3) is 0 Å². The molecule has 4 nitrogen and oxygen atoms in total. The van der Waals surface area contributed by atoms with E-state index >= 15 is 0 Å². The number of halogens is 1. The molecule has 0 aliphatic carbocycles. The lowest BCUT2D eigenvalue weighted by atomic mass is 10.1. The normalized spacial score (nSPS) is 12.5. The predicted molar refractivity (Wildman–Crippen MR) is 62.8 cm³/mol. The van der Waals surface area contributed by atoms with Crippen LogP contribution in [0.3, 0.4) is 0 Å². The lowest BCUT2D eigenvalue weighted by molar-refractivity contribution is -0.122. The Kier molecular flexibility index (Phi) is 8.79. The molecule has 1 unspecified atom stereocenters. The Morgan fingerprint density at radius 2 is 2.08 bits per heavy atom. The first-order valence-corrected chi connectivity index (χ1v) is 5.56. The molecule has 0 radical (unpaired) electrons. The molecule has 1 atom stereocenters. The van der Waals surface area contributed by atoms with Crippen LogP contribution < -0.4 is 14.2 Å². The van der Waals surface area contributed by atoms with Gasteiger partial charge in [-0.1, -0.05) is 6.42 Å². The summed E-state index contributed by atoms with van der Waals surface area (Å²) in [6, 6.07) is -0.0533. The van der Waals surface area contributed by atoms with E-state index in [-0.39, 0.29) is 11.9 Å². The molecule has 0 heterocycles. The molecule has 0 aromatic heterocycles. The molecule has 5 heteroatoms. The van der Waals surface area contributed by atoms with Gasteiger partial charge >= 0.3 is 0 Å². The fourth-order valence-electron chi connectivity index (χ4n) is 1.06. The minimum Gasteiger partial charge on any atom is -0.358 e. The maximum Gasteiger partial charge on any atom is 0.237 e. The molecule has 0 aliphatic rings. The number of carbonyl (C=O) groups excluding carboxylic acids is 1. The van der Waals surface area contributed by atoms with Gasteiger partial charge in [0, 0.05) is 29.9 Å². The van der Waals surface area contributed by atoms with Gasteiger partial charge in [0.15, 0.2) is 0 Å². The second-order valence-electron chi connectivity index (χ2n) is 2.88. The second kappa shape index (κ2) is 8.71. The summed E-state index contributed by atoms with van der Waals surface area (Å²) in [5, 5.41) is 5.71. The number of hydrogen-bond acceptors (Lipinski definition) is 3. The van der Waals surface area contributed by atoms with Crippen LogP contribution in [0.15, 0.2) is 0 Å². The highest BCUT2D eigenvalue weighted by Crippen LogP contribution is 2.02.